The molecule has 0 spiro atoms. The fourth-order valence-corrected chi connectivity index (χ4v) is 1.01. The van der Waals surface area contributed by atoms with Crippen molar-refractivity contribution in [3.05, 3.63) is 29.8 Å². The zero-order valence-corrected chi connectivity index (χ0v) is 8.60. The maximum atomic E-state index is 7.19. The van der Waals surface area contributed by atoms with E-state index in [1.54, 1.807) is 12.1 Å². The summed E-state index contributed by atoms with van der Waals surface area (Å²) in [5.41, 5.74) is 2.84. The first kappa shape index (κ1) is 11.8. The molecule has 0 atom stereocenters. The molecule has 0 heterocycles. The van der Waals surface area contributed by atoms with Crippen molar-refractivity contribution in [1.82, 2.24) is 5.43 Å². The third kappa shape index (κ3) is 3.44. The summed E-state index contributed by atoms with van der Waals surface area (Å²) in [6.45, 7) is 0.192. The number of nitrogens with zero attached hydrogens (tertiary/aromatic N) is 1. The highest BCUT2D eigenvalue weighted by Gasteiger charge is 1.99. The zero-order valence-electron chi connectivity index (χ0n) is 8.60. The maximum Gasteiger partial charge on any atom is 0.229 e. The number of hydrogen-bond acceptors (Lipinski definition) is 3. The first-order valence-electron chi connectivity index (χ1n) is 4.52. The Morgan fingerprint density at radius 2 is 2.38 bits per heavy atom. The van der Waals surface area contributed by atoms with Gasteiger partial charge in [0, 0.05) is 11.8 Å². The molecule has 0 bridgehead atoms. The molecule has 0 radical (unpaired) electrons. The summed E-state index contributed by atoms with van der Waals surface area (Å²) in [6.07, 6.45) is 6.58. The SMILES string of the molecule is C#CCOc1ccccc1C=NC(=N)NN. The van der Waals surface area contributed by atoms with Gasteiger partial charge < -0.3 is 4.74 Å². The number of ether oxygens (including phenoxy) is 1. The van der Waals surface area contributed by atoms with Crippen LogP contribution in [-0.4, -0.2) is 18.8 Å². The van der Waals surface area contributed by atoms with Gasteiger partial charge in [0.05, 0.1) is 0 Å². The highest BCUT2D eigenvalue weighted by atomic mass is 16.5. The maximum absolute atomic E-state index is 7.19. The summed E-state index contributed by atoms with van der Waals surface area (Å²) in [5, 5.41) is 7.19. The Kier molecular flexibility index (Phi) is 4.57. The molecule has 1 aromatic rings. The van der Waals surface area contributed by atoms with Gasteiger partial charge in [-0.05, 0) is 12.1 Å². The van der Waals surface area contributed by atoms with E-state index in [1.807, 2.05) is 12.1 Å². The Balaban J connectivity index is 2.83. The number of terminal acetylenes is 1. The topological polar surface area (TPSA) is 83.5 Å². The van der Waals surface area contributed by atoms with Crippen molar-refractivity contribution in [2.75, 3.05) is 6.61 Å². The lowest BCUT2D eigenvalue weighted by Crippen LogP contribution is -2.27. The van der Waals surface area contributed by atoms with Crippen LogP contribution in [0.2, 0.25) is 0 Å². The van der Waals surface area contributed by atoms with E-state index in [2.05, 4.69) is 16.3 Å². The second-order valence-corrected chi connectivity index (χ2v) is 2.78. The molecule has 0 saturated heterocycles. The first-order chi connectivity index (χ1) is 7.77. The van der Waals surface area contributed by atoms with E-state index in [-0.39, 0.29) is 12.6 Å². The smallest absolute Gasteiger partial charge is 0.229 e. The molecule has 4 N–H and O–H groups in total. The third-order valence-electron chi connectivity index (χ3n) is 1.70. The van der Waals surface area contributed by atoms with E-state index >= 15 is 0 Å². The molecule has 0 saturated carbocycles. The molecular formula is C11H12N4O. The molecular weight excluding hydrogens is 204 g/mol. The fraction of sp³-hybridized carbons (Fsp3) is 0.0909. The minimum absolute atomic E-state index is 0.133. The standard InChI is InChI=1S/C11H12N4O/c1-2-7-16-10-6-4-3-5-9(10)8-14-11(12)15-13/h1,3-6,8H,7,13H2,(H2,12,15). The monoisotopic (exact) mass is 216 g/mol. The lowest BCUT2D eigenvalue weighted by atomic mass is 10.2. The van der Waals surface area contributed by atoms with Gasteiger partial charge in [-0.3, -0.25) is 10.8 Å². The molecule has 5 heteroatoms. The molecule has 1 rings (SSSR count). The number of guanidine groups is 1. The molecule has 0 amide bonds. The minimum atomic E-state index is -0.133. The van der Waals surface area contributed by atoms with E-state index in [4.69, 9.17) is 22.4 Å². The number of aliphatic imine (C=N–C) groups is 1. The Hall–Kier alpha value is -2.32. The lowest BCUT2D eigenvalue weighted by molar-refractivity contribution is 0.370. The molecule has 5 nitrogen and oxygen atoms in total. The van der Waals surface area contributed by atoms with Crippen molar-refractivity contribution < 1.29 is 4.74 Å². The third-order valence-corrected chi connectivity index (χ3v) is 1.70. The van der Waals surface area contributed by atoms with Crippen LogP contribution in [0.1, 0.15) is 5.56 Å². The van der Waals surface area contributed by atoms with E-state index in [0.29, 0.717) is 5.75 Å². The van der Waals surface area contributed by atoms with Crippen LogP contribution in [0.4, 0.5) is 0 Å². The minimum Gasteiger partial charge on any atom is -0.480 e. The van der Waals surface area contributed by atoms with Gasteiger partial charge >= 0.3 is 0 Å². The van der Waals surface area contributed by atoms with Crippen LogP contribution in [0, 0.1) is 17.8 Å². The van der Waals surface area contributed by atoms with E-state index < -0.39 is 0 Å². The van der Waals surface area contributed by atoms with Crippen LogP contribution >= 0.6 is 0 Å². The highest BCUT2D eigenvalue weighted by molar-refractivity contribution is 5.93. The second kappa shape index (κ2) is 6.22. The van der Waals surface area contributed by atoms with Crippen molar-refractivity contribution in [3.63, 3.8) is 0 Å². The van der Waals surface area contributed by atoms with Gasteiger partial charge in [-0.1, -0.05) is 18.1 Å². The normalized spacial score (nSPS) is 9.75. The van der Waals surface area contributed by atoms with Gasteiger partial charge in [0.15, 0.2) is 0 Å². The quantitative estimate of drug-likeness (QED) is 0.226. The van der Waals surface area contributed by atoms with E-state index in [0.717, 1.165) is 5.56 Å². The number of nitrogens with one attached hydrogen (secondary N) is 2. The van der Waals surface area contributed by atoms with Crippen molar-refractivity contribution in [3.8, 4) is 18.1 Å². The van der Waals surface area contributed by atoms with Crippen LogP contribution < -0.4 is 16.0 Å². The summed E-state index contributed by atoms with van der Waals surface area (Å²) >= 11 is 0. The number of para-hydroxylation sites is 1. The number of rotatable bonds is 3. The van der Waals surface area contributed by atoms with Crippen LogP contribution in [0.15, 0.2) is 29.3 Å². The van der Waals surface area contributed by atoms with Crippen molar-refractivity contribution in [2.45, 2.75) is 0 Å². The van der Waals surface area contributed by atoms with Crippen LogP contribution in [0.3, 0.4) is 0 Å². The summed E-state index contributed by atoms with van der Waals surface area (Å²) in [5.74, 6) is 7.87. The van der Waals surface area contributed by atoms with Gasteiger partial charge in [-0.25, -0.2) is 10.8 Å². The molecule has 16 heavy (non-hydrogen) atoms. The number of nitrogens with two attached hydrogens (primary N) is 1. The Labute approximate surface area is 93.8 Å². The number of hydrazine groups is 1. The van der Waals surface area contributed by atoms with Crippen LogP contribution in [0.5, 0.6) is 5.75 Å². The van der Waals surface area contributed by atoms with Gasteiger partial charge in [0.1, 0.15) is 12.4 Å². The lowest BCUT2D eigenvalue weighted by Gasteiger charge is -2.05. The fourth-order valence-electron chi connectivity index (χ4n) is 1.01. The van der Waals surface area contributed by atoms with Crippen molar-refractivity contribution in [1.29, 1.82) is 5.41 Å². The molecule has 0 aliphatic carbocycles. The van der Waals surface area contributed by atoms with Crippen LogP contribution in [-0.2, 0) is 0 Å². The summed E-state index contributed by atoms with van der Waals surface area (Å²) < 4.78 is 5.30. The molecule has 0 aromatic heterocycles. The van der Waals surface area contributed by atoms with Gasteiger partial charge in [-0.15, -0.1) is 6.42 Å². The van der Waals surface area contributed by atoms with Gasteiger partial charge in [0.25, 0.3) is 0 Å². The van der Waals surface area contributed by atoms with E-state index in [9.17, 15) is 0 Å². The molecule has 0 fully saturated rings. The van der Waals surface area contributed by atoms with Crippen molar-refractivity contribution in [2.24, 2.45) is 10.8 Å². The second-order valence-electron chi connectivity index (χ2n) is 2.78. The van der Waals surface area contributed by atoms with Gasteiger partial charge in [-0.2, -0.15) is 0 Å². The summed E-state index contributed by atoms with van der Waals surface area (Å²) in [7, 11) is 0. The van der Waals surface area contributed by atoms with E-state index in [1.165, 1.54) is 6.21 Å². The molecule has 82 valence electrons. The highest BCUT2D eigenvalue weighted by Crippen LogP contribution is 2.15. The number of hydrogen-bond donors (Lipinski definition) is 3. The molecule has 0 unspecified atom stereocenters. The number of benzene rings is 1. The largest absolute Gasteiger partial charge is 0.480 e. The predicted molar refractivity (Wildman–Crippen MR) is 63.4 cm³/mol. The summed E-state index contributed by atoms with van der Waals surface area (Å²) in [4.78, 5) is 3.77. The molecule has 0 aliphatic heterocycles. The Bertz CT molecular complexity index is 434. The average molecular weight is 216 g/mol. The average Bonchev–Trinajstić information content (AvgIpc) is 2.34. The zero-order chi connectivity index (χ0) is 11.8. The first-order valence-corrected chi connectivity index (χ1v) is 4.52. The molecule has 0 aliphatic rings. The predicted octanol–water partition coefficient (Wildman–Crippen LogP) is 0.516. The van der Waals surface area contributed by atoms with Crippen LogP contribution in [0.25, 0.3) is 0 Å². The Morgan fingerprint density at radius 1 is 1.62 bits per heavy atom. The molecule has 1 aromatic carbocycles. The Morgan fingerprint density at radius 3 is 3.06 bits per heavy atom. The van der Waals surface area contributed by atoms with Crippen molar-refractivity contribution >= 4 is 12.2 Å². The van der Waals surface area contributed by atoms with Gasteiger partial charge in [0.2, 0.25) is 5.96 Å². The summed E-state index contributed by atoms with van der Waals surface area (Å²) in [6, 6.07) is 7.25.